The number of fused-ring (bicyclic) bond motifs is 1. The molecule has 0 radical (unpaired) electrons. The number of ether oxygens (including phenoxy) is 1. The largest absolute Gasteiger partial charge is 0.397 e. The highest BCUT2D eigenvalue weighted by molar-refractivity contribution is 5.40. The van der Waals surface area contributed by atoms with Gasteiger partial charge in [0.2, 0.25) is 0 Å². The van der Waals surface area contributed by atoms with Gasteiger partial charge >= 0.3 is 0 Å². The van der Waals surface area contributed by atoms with Crippen LogP contribution in [0.3, 0.4) is 0 Å². The van der Waals surface area contributed by atoms with Crippen molar-refractivity contribution in [3.05, 3.63) is 23.5 Å². The summed E-state index contributed by atoms with van der Waals surface area (Å²) in [5.74, 6) is 0. The molecule has 0 aliphatic carbocycles. The molecule has 3 nitrogen and oxygen atoms in total. The second-order valence-electron chi connectivity index (χ2n) is 2.68. The molecule has 58 valence electrons. The lowest BCUT2D eigenvalue weighted by Gasteiger charge is -2.14. The number of hydrogen-bond donors (Lipinski definition) is 1. The summed E-state index contributed by atoms with van der Waals surface area (Å²) in [6, 6.07) is 1.98. The summed E-state index contributed by atoms with van der Waals surface area (Å²) in [4.78, 5) is 4.17. The molecule has 2 rings (SSSR count). The molecule has 1 aliphatic rings. The molecule has 2 heterocycles. The Hall–Kier alpha value is -1.09. The van der Waals surface area contributed by atoms with E-state index < -0.39 is 0 Å². The molecule has 0 atom stereocenters. The summed E-state index contributed by atoms with van der Waals surface area (Å²) in [5.41, 5.74) is 8.59. The molecule has 3 heteroatoms. The molecule has 0 spiro atoms. The second kappa shape index (κ2) is 2.51. The minimum atomic E-state index is 0.635. The van der Waals surface area contributed by atoms with Gasteiger partial charge < -0.3 is 10.5 Å². The van der Waals surface area contributed by atoms with Gasteiger partial charge in [-0.3, -0.25) is 4.98 Å². The first-order chi connectivity index (χ1) is 5.36. The van der Waals surface area contributed by atoms with Crippen LogP contribution in [0, 0.1) is 0 Å². The summed E-state index contributed by atoms with van der Waals surface area (Å²) < 4.78 is 5.23. The number of rotatable bonds is 0. The molecule has 0 saturated heterocycles. The minimum Gasteiger partial charge on any atom is -0.397 e. The van der Waals surface area contributed by atoms with Gasteiger partial charge in [0.15, 0.2) is 0 Å². The third-order valence-electron chi connectivity index (χ3n) is 1.84. The molecule has 0 bridgehead atoms. The van der Waals surface area contributed by atoms with Crippen molar-refractivity contribution in [3.8, 4) is 0 Å². The van der Waals surface area contributed by atoms with Gasteiger partial charge in [0.25, 0.3) is 0 Å². The van der Waals surface area contributed by atoms with Crippen molar-refractivity contribution in [3.63, 3.8) is 0 Å². The van der Waals surface area contributed by atoms with Crippen LogP contribution >= 0.6 is 0 Å². The van der Waals surface area contributed by atoms with Gasteiger partial charge in [-0.1, -0.05) is 0 Å². The lowest BCUT2D eigenvalue weighted by atomic mass is 10.1. The molecule has 1 aromatic rings. The van der Waals surface area contributed by atoms with Crippen molar-refractivity contribution in [2.45, 2.75) is 13.0 Å². The first-order valence-electron chi connectivity index (χ1n) is 3.67. The van der Waals surface area contributed by atoms with E-state index in [4.69, 9.17) is 10.5 Å². The molecule has 11 heavy (non-hydrogen) atoms. The second-order valence-corrected chi connectivity index (χ2v) is 2.68. The molecule has 0 amide bonds. The van der Waals surface area contributed by atoms with E-state index in [1.54, 1.807) is 6.20 Å². The van der Waals surface area contributed by atoms with Crippen LogP contribution in [0.15, 0.2) is 12.3 Å². The van der Waals surface area contributed by atoms with Crippen LogP contribution < -0.4 is 5.73 Å². The van der Waals surface area contributed by atoms with Crippen LogP contribution in [-0.4, -0.2) is 11.6 Å². The van der Waals surface area contributed by atoms with Crippen LogP contribution in [-0.2, 0) is 17.8 Å². The fourth-order valence-electron chi connectivity index (χ4n) is 1.25. The number of aromatic nitrogens is 1. The average Bonchev–Trinajstić information content (AvgIpc) is 2.04. The molecule has 1 aliphatic heterocycles. The highest BCUT2D eigenvalue weighted by Gasteiger charge is 2.09. The number of hydrogen-bond acceptors (Lipinski definition) is 3. The lowest BCUT2D eigenvalue weighted by molar-refractivity contribution is 0.107. The maximum atomic E-state index is 5.58. The number of nitrogens with two attached hydrogens (primary N) is 1. The molecular weight excluding hydrogens is 140 g/mol. The van der Waals surface area contributed by atoms with Gasteiger partial charge in [-0.15, -0.1) is 0 Å². The van der Waals surface area contributed by atoms with E-state index in [1.165, 1.54) is 5.56 Å². The predicted octanol–water partition coefficient (Wildman–Crippen LogP) is 0.737. The highest BCUT2D eigenvalue weighted by Crippen LogP contribution is 2.15. The molecule has 1 aromatic heterocycles. The van der Waals surface area contributed by atoms with E-state index in [-0.39, 0.29) is 0 Å². The molecule has 0 fully saturated rings. The summed E-state index contributed by atoms with van der Waals surface area (Å²) in [6.07, 6.45) is 2.61. The normalized spacial score (nSPS) is 16.0. The average molecular weight is 150 g/mol. The molecule has 2 N–H and O–H groups in total. The smallest absolute Gasteiger partial charge is 0.0890 e. The van der Waals surface area contributed by atoms with E-state index in [2.05, 4.69) is 4.98 Å². The highest BCUT2D eigenvalue weighted by atomic mass is 16.5. The van der Waals surface area contributed by atoms with Crippen LogP contribution in [0.4, 0.5) is 5.69 Å². The third kappa shape index (κ3) is 1.19. The Bertz CT molecular complexity index is 273. The fourth-order valence-corrected chi connectivity index (χ4v) is 1.25. The minimum absolute atomic E-state index is 0.635. The van der Waals surface area contributed by atoms with Crippen molar-refractivity contribution in [1.82, 2.24) is 4.98 Å². The van der Waals surface area contributed by atoms with Gasteiger partial charge in [0, 0.05) is 0 Å². The van der Waals surface area contributed by atoms with Crippen molar-refractivity contribution in [2.75, 3.05) is 12.3 Å². The Labute approximate surface area is 65.2 Å². The van der Waals surface area contributed by atoms with Gasteiger partial charge in [-0.05, 0) is 18.1 Å². The van der Waals surface area contributed by atoms with Crippen molar-refractivity contribution in [2.24, 2.45) is 0 Å². The van der Waals surface area contributed by atoms with E-state index in [1.807, 2.05) is 6.07 Å². The zero-order valence-electron chi connectivity index (χ0n) is 6.21. The number of nitrogens with zero attached hydrogens (tertiary/aromatic N) is 1. The Kier molecular flexibility index (Phi) is 1.51. The first-order valence-corrected chi connectivity index (χ1v) is 3.67. The first kappa shape index (κ1) is 6.61. The molecule has 0 unspecified atom stereocenters. The van der Waals surface area contributed by atoms with Crippen LogP contribution in [0.2, 0.25) is 0 Å². The van der Waals surface area contributed by atoms with Crippen LogP contribution in [0.5, 0.6) is 0 Å². The summed E-state index contributed by atoms with van der Waals surface area (Å²) in [5, 5.41) is 0. The molecule has 0 saturated carbocycles. The number of pyridine rings is 1. The zero-order chi connectivity index (χ0) is 7.68. The monoisotopic (exact) mass is 150 g/mol. The van der Waals surface area contributed by atoms with Gasteiger partial charge in [0.05, 0.1) is 30.8 Å². The Morgan fingerprint density at radius 1 is 1.55 bits per heavy atom. The van der Waals surface area contributed by atoms with E-state index >= 15 is 0 Å². The van der Waals surface area contributed by atoms with Crippen LogP contribution in [0.1, 0.15) is 11.3 Å². The Morgan fingerprint density at radius 2 is 2.45 bits per heavy atom. The van der Waals surface area contributed by atoms with Gasteiger partial charge in [-0.2, -0.15) is 0 Å². The fraction of sp³-hybridized carbons (Fsp3) is 0.375. The van der Waals surface area contributed by atoms with Crippen LogP contribution in [0.25, 0.3) is 0 Å². The van der Waals surface area contributed by atoms with Gasteiger partial charge in [0.1, 0.15) is 0 Å². The third-order valence-corrected chi connectivity index (χ3v) is 1.84. The Balaban J connectivity index is 2.43. The molecular formula is C8H10N2O. The molecule has 0 aromatic carbocycles. The number of anilines is 1. The SMILES string of the molecule is Nc1cnc2c(c1)CCOC2. The van der Waals surface area contributed by atoms with Crippen molar-refractivity contribution >= 4 is 5.69 Å². The van der Waals surface area contributed by atoms with Crippen molar-refractivity contribution < 1.29 is 4.74 Å². The van der Waals surface area contributed by atoms with Gasteiger partial charge in [-0.25, -0.2) is 0 Å². The zero-order valence-corrected chi connectivity index (χ0v) is 6.21. The van der Waals surface area contributed by atoms with Crippen molar-refractivity contribution in [1.29, 1.82) is 0 Å². The maximum absolute atomic E-state index is 5.58. The Morgan fingerprint density at radius 3 is 3.36 bits per heavy atom. The lowest BCUT2D eigenvalue weighted by Crippen LogP contribution is -2.11. The van der Waals surface area contributed by atoms with E-state index in [9.17, 15) is 0 Å². The summed E-state index contributed by atoms with van der Waals surface area (Å²) in [6.45, 7) is 1.42. The van der Waals surface area contributed by atoms with E-state index in [0.29, 0.717) is 6.61 Å². The predicted molar refractivity (Wildman–Crippen MR) is 42.0 cm³/mol. The quantitative estimate of drug-likeness (QED) is 0.593. The summed E-state index contributed by atoms with van der Waals surface area (Å²) in [7, 11) is 0. The standard InChI is InChI=1S/C8H10N2O/c9-7-3-6-1-2-11-5-8(6)10-4-7/h3-4H,1-2,5,9H2. The topological polar surface area (TPSA) is 48.1 Å². The maximum Gasteiger partial charge on any atom is 0.0890 e. The number of nitrogen functional groups attached to an aromatic ring is 1. The summed E-state index contributed by atoms with van der Waals surface area (Å²) >= 11 is 0. The van der Waals surface area contributed by atoms with E-state index in [0.717, 1.165) is 24.4 Å².